The highest BCUT2D eigenvalue weighted by Gasteiger charge is 2.13. The number of nitrogens with one attached hydrogen (secondary N) is 1. The lowest BCUT2D eigenvalue weighted by molar-refractivity contribution is -0.120. The van der Waals surface area contributed by atoms with Gasteiger partial charge in [0, 0.05) is 5.39 Å². The van der Waals surface area contributed by atoms with Gasteiger partial charge in [-0.15, -0.1) is 10.2 Å². The highest BCUT2D eigenvalue weighted by atomic mass is 35.5. The zero-order chi connectivity index (χ0) is 18.0. The van der Waals surface area contributed by atoms with Crippen molar-refractivity contribution < 1.29 is 14.6 Å². The van der Waals surface area contributed by atoms with E-state index >= 15 is 0 Å². The third kappa shape index (κ3) is 3.49. The third-order valence-electron chi connectivity index (χ3n) is 3.91. The Kier molecular flexibility index (Phi) is 4.72. The summed E-state index contributed by atoms with van der Waals surface area (Å²) in [7, 11) is 0. The minimum absolute atomic E-state index is 0.132. The van der Waals surface area contributed by atoms with E-state index in [1.165, 1.54) is 0 Å². The van der Waals surface area contributed by atoms with Crippen LogP contribution >= 0.6 is 11.6 Å². The van der Waals surface area contributed by atoms with Gasteiger partial charge in [0.2, 0.25) is 5.88 Å². The third-order valence-corrected chi connectivity index (χ3v) is 4.22. The number of hydrogen-bond acceptors (Lipinski definition) is 4. The molecular weight excluding hydrogens is 342 g/mol. The molecule has 3 rings (SSSR count). The van der Waals surface area contributed by atoms with Crippen LogP contribution in [0.15, 0.2) is 46.6 Å². The van der Waals surface area contributed by atoms with E-state index in [0.717, 1.165) is 16.6 Å². The Hall–Kier alpha value is -2.86. The molecule has 0 unspecified atom stereocenters. The minimum atomic E-state index is -0.586. The number of para-hydroxylation sites is 1. The maximum Gasteiger partial charge on any atom is 0.302 e. The van der Waals surface area contributed by atoms with Crippen LogP contribution < -0.4 is 4.74 Å². The molecule has 0 atom stereocenters. The maximum absolute atomic E-state index is 11.9. The van der Waals surface area contributed by atoms with E-state index in [0.29, 0.717) is 16.2 Å². The second-order valence-electron chi connectivity index (χ2n) is 5.57. The maximum atomic E-state index is 11.9. The Labute approximate surface area is 149 Å². The molecule has 2 aromatic carbocycles. The van der Waals surface area contributed by atoms with E-state index in [9.17, 15) is 9.90 Å². The van der Waals surface area contributed by atoms with E-state index < -0.39 is 5.91 Å². The molecule has 3 aromatic rings. The molecule has 0 aliphatic rings. The number of aromatic nitrogens is 1. The summed E-state index contributed by atoms with van der Waals surface area (Å²) >= 11 is 5.95. The van der Waals surface area contributed by atoms with Crippen LogP contribution in [0.4, 0.5) is 5.69 Å². The summed E-state index contributed by atoms with van der Waals surface area (Å²) < 4.78 is 5.32. The van der Waals surface area contributed by atoms with Gasteiger partial charge < -0.3 is 14.8 Å². The molecule has 128 valence electrons. The molecule has 0 fully saturated rings. The van der Waals surface area contributed by atoms with E-state index in [2.05, 4.69) is 15.2 Å². The zero-order valence-corrected chi connectivity index (χ0v) is 14.5. The number of nitrogens with zero attached hydrogens (tertiary/aromatic N) is 2. The summed E-state index contributed by atoms with van der Waals surface area (Å²) in [5, 5.41) is 18.6. The first-order chi connectivity index (χ1) is 12.0. The van der Waals surface area contributed by atoms with Crippen LogP contribution in [-0.2, 0) is 4.79 Å². The Bertz CT molecular complexity index is 979. The van der Waals surface area contributed by atoms with Gasteiger partial charge >= 0.3 is 5.91 Å². The van der Waals surface area contributed by atoms with Gasteiger partial charge in [0.05, 0.1) is 10.5 Å². The largest absolute Gasteiger partial charge is 0.493 e. The molecule has 0 saturated heterocycles. The van der Waals surface area contributed by atoms with Crippen molar-refractivity contribution in [1.82, 2.24) is 4.98 Å². The first-order valence-corrected chi connectivity index (χ1v) is 7.98. The summed E-state index contributed by atoms with van der Waals surface area (Å²) in [6.07, 6.45) is 0. The van der Waals surface area contributed by atoms with E-state index in [1.807, 2.05) is 26.0 Å². The Morgan fingerprint density at radius 2 is 2.00 bits per heavy atom. The fourth-order valence-electron chi connectivity index (χ4n) is 2.42. The Morgan fingerprint density at radius 3 is 2.76 bits per heavy atom. The summed E-state index contributed by atoms with van der Waals surface area (Å²) in [5.74, 6) is -0.321. The van der Waals surface area contributed by atoms with Crippen molar-refractivity contribution in [3.8, 4) is 11.6 Å². The number of carbonyl (C=O) groups excluding carboxylic acids is 1. The van der Waals surface area contributed by atoms with Crippen molar-refractivity contribution in [3.05, 3.63) is 52.5 Å². The molecule has 1 aromatic heterocycles. The average Bonchev–Trinajstić information content (AvgIpc) is 2.92. The predicted molar refractivity (Wildman–Crippen MR) is 95.9 cm³/mol. The Morgan fingerprint density at radius 1 is 1.24 bits per heavy atom. The lowest BCUT2D eigenvalue weighted by atomic mass is 10.1. The zero-order valence-electron chi connectivity index (χ0n) is 13.7. The average molecular weight is 358 g/mol. The number of azo groups is 1. The molecule has 25 heavy (non-hydrogen) atoms. The summed E-state index contributed by atoms with van der Waals surface area (Å²) in [5.41, 5.74) is 3.08. The normalized spacial score (nSPS) is 11.3. The SMILES string of the molecule is Cc1ccc2c(N=NC(=O)COc3ccccc3Cl)c(O)[nH]c2c1C. The van der Waals surface area contributed by atoms with Crippen molar-refractivity contribution >= 4 is 34.1 Å². The molecule has 1 heterocycles. The second kappa shape index (κ2) is 6.94. The van der Waals surface area contributed by atoms with E-state index in [4.69, 9.17) is 16.3 Å². The summed E-state index contributed by atoms with van der Waals surface area (Å²) in [4.78, 5) is 14.7. The standard InChI is InChI=1S/C18H16ClN3O3/c1-10-7-8-12-16(11(10)2)20-18(24)17(12)22-21-15(23)9-25-14-6-4-3-5-13(14)19/h3-8,20,24H,9H2,1-2H3. The summed E-state index contributed by atoms with van der Waals surface area (Å²) in [6.45, 7) is 3.62. The highest BCUT2D eigenvalue weighted by Crippen LogP contribution is 2.37. The topological polar surface area (TPSA) is 87.0 Å². The van der Waals surface area contributed by atoms with Crippen LogP contribution in [0.2, 0.25) is 5.02 Å². The lowest BCUT2D eigenvalue weighted by Crippen LogP contribution is -2.08. The van der Waals surface area contributed by atoms with Gasteiger partial charge in [-0.05, 0) is 37.1 Å². The van der Waals surface area contributed by atoms with Crippen LogP contribution in [0.5, 0.6) is 11.6 Å². The van der Waals surface area contributed by atoms with Crippen LogP contribution in [0.1, 0.15) is 11.1 Å². The number of carbonyl (C=O) groups is 1. The van der Waals surface area contributed by atoms with Gasteiger partial charge in [-0.2, -0.15) is 0 Å². The molecule has 7 heteroatoms. The van der Waals surface area contributed by atoms with Gasteiger partial charge in [0.15, 0.2) is 12.3 Å². The van der Waals surface area contributed by atoms with Crippen molar-refractivity contribution in [1.29, 1.82) is 0 Å². The number of benzene rings is 2. The van der Waals surface area contributed by atoms with Crippen LogP contribution in [-0.4, -0.2) is 22.6 Å². The van der Waals surface area contributed by atoms with Gasteiger partial charge in [-0.25, -0.2) is 0 Å². The van der Waals surface area contributed by atoms with E-state index in [1.54, 1.807) is 24.3 Å². The molecule has 0 bridgehead atoms. The molecule has 0 aliphatic carbocycles. The number of aromatic amines is 1. The molecule has 2 N–H and O–H groups in total. The number of fused-ring (bicyclic) bond motifs is 1. The number of H-pyrrole nitrogens is 1. The summed E-state index contributed by atoms with van der Waals surface area (Å²) in [6, 6.07) is 10.6. The van der Waals surface area contributed by atoms with E-state index in [-0.39, 0.29) is 18.2 Å². The smallest absolute Gasteiger partial charge is 0.302 e. The number of rotatable bonds is 4. The minimum Gasteiger partial charge on any atom is -0.493 e. The fourth-order valence-corrected chi connectivity index (χ4v) is 2.61. The van der Waals surface area contributed by atoms with Crippen LogP contribution in [0.3, 0.4) is 0 Å². The van der Waals surface area contributed by atoms with Crippen molar-refractivity contribution in [2.75, 3.05) is 6.61 Å². The number of amides is 1. The molecule has 0 saturated carbocycles. The fraction of sp³-hybridized carbons (Fsp3) is 0.167. The molecule has 0 radical (unpaired) electrons. The van der Waals surface area contributed by atoms with Crippen molar-refractivity contribution in [2.45, 2.75) is 13.8 Å². The number of aryl methyl sites for hydroxylation is 2. The van der Waals surface area contributed by atoms with Gasteiger partial charge in [-0.1, -0.05) is 35.9 Å². The lowest BCUT2D eigenvalue weighted by Gasteiger charge is -2.04. The highest BCUT2D eigenvalue weighted by molar-refractivity contribution is 6.32. The van der Waals surface area contributed by atoms with Crippen LogP contribution in [0, 0.1) is 13.8 Å². The number of ether oxygens (including phenoxy) is 1. The van der Waals surface area contributed by atoms with Crippen LogP contribution in [0.25, 0.3) is 10.9 Å². The molecular formula is C18H16ClN3O3. The first-order valence-electron chi connectivity index (χ1n) is 7.60. The van der Waals surface area contributed by atoms with Gasteiger partial charge in [0.25, 0.3) is 0 Å². The molecule has 1 amide bonds. The number of aromatic hydroxyl groups is 1. The number of halogens is 1. The van der Waals surface area contributed by atoms with Crippen molar-refractivity contribution in [2.24, 2.45) is 10.2 Å². The quantitative estimate of drug-likeness (QED) is 0.655. The molecule has 6 nitrogen and oxygen atoms in total. The van der Waals surface area contributed by atoms with Gasteiger partial charge in [-0.3, -0.25) is 4.79 Å². The predicted octanol–water partition coefficient (Wildman–Crippen LogP) is 4.83. The molecule has 0 spiro atoms. The monoisotopic (exact) mass is 357 g/mol. The number of hydrogen-bond donors (Lipinski definition) is 2. The molecule has 0 aliphatic heterocycles. The van der Waals surface area contributed by atoms with Gasteiger partial charge in [0.1, 0.15) is 5.75 Å². The Balaban J connectivity index is 1.77. The second-order valence-corrected chi connectivity index (χ2v) is 5.97. The first kappa shape index (κ1) is 17.0. The van der Waals surface area contributed by atoms with Crippen molar-refractivity contribution in [3.63, 3.8) is 0 Å².